The summed E-state index contributed by atoms with van der Waals surface area (Å²) in [5, 5.41) is 11.2. The van der Waals surface area contributed by atoms with E-state index in [1.807, 2.05) is 18.2 Å². The highest BCUT2D eigenvalue weighted by atomic mass is 32.2. The van der Waals surface area contributed by atoms with Crippen LogP contribution in [0.25, 0.3) is 0 Å². The summed E-state index contributed by atoms with van der Waals surface area (Å²) in [6, 6.07) is 11.9. The van der Waals surface area contributed by atoms with Crippen LogP contribution in [-0.4, -0.2) is 33.3 Å². The van der Waals surface area contributed by atoms with Crippen LogP contribution in [0.1, 0.15) is 17.0 Å². The SMILES string of the molecule is Nn1c(Cc2ccccc2F)nnc1SCC(=O)NCc1ccc2c(c1)OCO2. The minimum Gasteiger partial charge on any atom is -0.454 e. The summed E-state index contributed by atoms with van der Waals surface area (Å²) >= 11 is 1.16. The van der Waals surface area contributed by atoms with E-state index in [0.29, 0.717) is 34.6 Å². The summed E-state index contributed by atoms with van der Waals surface area (Å²) in [5.74, 6) is 7.40. The summed E-state index contributed by atoms with van der Waals surface area (Å²) in [5.41, 5.74) is 1.38. The molecule has 10 heteroatoms. The van der Waals surface area contributed by atoms with Crippen LogP contribution < -0.4 is 20.6 Å². The van der Waals surface area contributed by atoms with Gasteiger partial charge in [-0.05, 0) is 29.3 Å². The highest BCUT2D eigenvalue weighted by Crippen LogP contribution is 2.32. The van der Waals surface area contributed by atoms with Crippen molar-refractivity contribution in [3.63, 3.8) is 0 Å². The zero-order chi connectivity index (χ0) is 20.2. The molecule has 0 saturated heterocycles. The summed E-state index contributed by atoms with van der Waals surface area (Å²) in [7, 11) is 0. The molecule has 2 heterocycles. The molecule has 0 aliphatic carbocycles. The quantitative estimate of drug-likeness (QED) is 0.448. The maximum absolute atomic E-state index is 13.8. The average Bonchev–Trinajstić information content (AvgIpc) is 3.33. The Hall–Kier alpha value is -3.27. The first-order valence-corrected chi connectivity index (χ1v) is 9.79. The summed E-state index contributed by atoms with van der Waals surface area (Å²) in [6.45, 7) is 0.574. The molecule has 1 aliphatic rings. The lowest BCUT2D eigenvalue weighted by molar-refractivity contribution is -0.118. The first-order valence-electron chi connectivity index (χ1n) is 8.81. The zero-order valence-electron chi connectivity index (χ0n) is 15.3. The van der Waals surface area contributed by atoms with Crippen LogP contribution in [-0.2, 0) is 17.8 Å². The number of benzene rings is 2. The molecule has 0 unspecified atom stereocenters. The molecule has 3 N–H and O–H groups in total. The van der Waals surface area contributed by atoms with Crippen LogP contribution >= 0.6 is 11.8 Å². The van der Waals surface area contributed by atoms with Gasteiger partial charge in [-0.25, -0.2) is 9.07 Å². The number of hydrogen-bond acceptors (Lipinski definition) is 7. The van der Waals surface area contributed by atoms with Crippen LogP contribution in [0.2, 0.25) is 0 Å². The average molecular weight is 415 g/mol. The van der Waals surface area contributed by atoms with Crippen molar-refractivity contribution in [1.82, 2.24) is 20.2 Å². The number of fused-ring (bicyclic) bond motifs is 1. The topological polar surface area (TPSA) is 104 Å². The molecule has 29 heavy (non-hydrogen) atoms. The number of nitrogens with zero attached hydrogens (tertiary/aromatic N) is 3. The van der Waals surface area contributed by atoms with E-state index in [-0.39, 0.29) is 30.7 Å². The number of rotatable bonds is 7. The maximum atomic E-state index is 13.8. The molecule has 4 rings (SSSR count). The molecule has 3 aromatic rings. The Labute approximate surface area is 170 Å². The van der Waals surface area contributed by atoms with E-state index in [9.17, 15) is 9.18 Å². The number of nitrogens with two attached hydrogens (primary N) is 1. The van der Waals surface area contributed by atoms with E-state index < -0.39 is 0 Å². The highest BCUT2D eigenvalue weighted by Gasteiger charge is 2.15. The number of amides is 1. The lowest BCUT2D eigenvalue weighted by Crippen LogP contribution is -2.25. The van der Waals surface area contributed by atoms with E-state index in [2.05, 4.69) is 15.5 Å². The van der Waals surface area contributed by atoms with Gasteiger partial charge in [0.25, 0.3) is 0 Å². The largest absolute Gasteiger partial charge is 0.454 e. The van der Waals surface area contributed by atoms with E-state index in [1.165, 1.54) is 10.7 Å². The fourth-order valence-corrected chi connectivity index (χ4v) is 3.48. The van der Waals surface area contributed by atoms with Crippen molar-refractivity contribution >= 4 is 17.7 Å². The van der Waals surface area contributed by atoms with Gasteiger partial charge in [0.05, 0.1) is 5.75 Å². The lowest BCUT2D eigenvalue weighted by Gasteiger charge is -2.07. The Bertz CT molecular complexity index is 1040. The van der Waals surface area contributed by atoms with Gasteiger partial charge in [-0.1, -0.05) is 36.0 Å². The second-order valence-corrected chi connectivity index (χ2v) is 7.23. The Morgan fingerprint density at radius 3 is 2.90 bits per heavy atom. The van der Waals surface area contributed by atoms with Crippen LogP contribution in [0.5, 0.6) is 11.5 Å². The lowest BCUT2D eigenvalue weighted by atomic mass is 10.1. The van der Waals surface area contributed by atoms with Crippen LogP contribution in [0.15, 0.2) is 47.6 Å². The molecule has 0 bridgehead atoms. The van der Waals surface area contributed by atoms with Crippen molar-refractivity contribution in [3.8, 4) is 11.5 Å². The Morgan fingerprint density at radius 2 is 2.03 bits per heavy atom. The van der Waals surface area contributed by atoms with Crippen LogP contribution in [0.3, 0.4) is 0 Å². The predicted molar refractivity (Wildman–Crippen MR) is 105 cm³/mol. The van der Waals surface area contributed by atoms with E-state index in [0.717, 1.165) is 17.3 Å². The fraction of sp³-hybridized carbons (Fsp3) is 0.211. The van der Waals surface area contributed by atoms with Gasteiger partial charge in [0, 0.05) is 13.0 Å². The number of ether oxygens (including phenoxy) is 2. The van der Waals surface area contributed by atoms with E-state index in [4.69, 9.17) is 15.3 Å². The fourth-order valence-electron chi connectivity index (χ4n) is 2.77. The molecule has 0 spiro atoms. The van der Waals surface area contributed by atoms with Crippen molar-refractivity contribution in [2.75, 3.05) is 18.4 Å². The van der Waals surface area contributed by atoms with Crippen molar-refractivity contribution in [2.24, 2.45) is 0 Å². The number of halogens is 1. The molecule has 0 atom stereocenters. The van der Waals surface area contributed by atoms with Crippen LogP contribution in [0.4, 0.5) is 4.39 Å². The van der Waals surface area contributed by atoms with Gasteiger partial charge in [-0.3, -0.25) is 4.79 Å². The molecule has 0 fully saturated rings. The van der Waals surface area contributed by atoms with E-state index in [1.54, 1.807) is 18.2 Å². The molecule has 8 nitrogen and oxygen atoms in total. The smallest absolute Gasteiger partial charge is 0.231 e. The molecule has 2 aromatic carbocycles. The van der Waals surface area contributed by atoms with Crippen LogP contribution in [0, 0.1) is 5.82 Å². The second kappa shape index (κ2) is 8.39. The number of nitrogen functional groups attached to an aromatic ring is 1. The molecule has 0 radical (unpaired) electrons. The molecule has 1 aromatic heterocycles. The number of carbonyl (C=O) groups is 1. The molecule has 1 amide bonds. The summed E-state index contributed by atoms with van der Waals surface area (Å²) in [4.78, 5) is 12.1. The molecular formula is C19H18FN5O3S. The highest BCUT2D eigenvalue weighted by molar-refractivity contribution is 7.99. The molecular weight excluding hydrogens is 397 g/mol. The van der Waals surface area contributed by atoms with Crippen molar-refractivity contribution in [1.29, 1.82) is 0 Å². The maximum Gasteiger partial charge on any atom is 0.231 e. The summed E-state index contributed by atoms with van der Waals surface area (Å²) < 4.78 is 25.7. The number of carbonyl (C=O) groups excluding carboxylic acids is 1. The van der Waals surface area contributed by atoms with Gasteiger partial charge in [-0.2, -0.15) is 0 Å². The molecule has 150 valence electrons. The first-order chi connectivity index (χ1) is 14.1. The van der Waals surface area contributed by atoms with Gasteiger partial charge in [-0.15, -0.1) is 10.2 Å². The zero-order valence-corrected chi connectivity index (χ0v) is 16.1. The predicted octanol–water partition coefficient (Wildman–Crippen LogP) is 1.86. The Balaban J connectivity index is 1.29. The minimum absolute atomic E-state index is 0.125. The monoisotopic (exact) mass is 415 g/mol. The van der Waals surface area contributed by atoms with Gasteiger partial charge < -0.3 is 20.6 Å². The Morgan fingerprint density at radius 1 is 1.21 bits per heavy atom. The van der Waals surface area contributed by atoms with Crippen molar-refractivity contribution < 1.29 is 18.7 Å². The van der Waals surface area contributed by atoms with Crippen molar-refractivity contribution in [3.05, 3.63) is 65.2 Å². The third-order valence-corrected chi connectivity index (χ3v) is 5.24. The van der Waals surface area contributed by atoms with E-state index >= 15 is 0 Å². The Kier molecular flexibility index (Phi) is 5.52. The van der Waals surface area contributed by atoms with Crippen molar-refractivity contribution in [2.45, 2.75) is 18.1 Å². The number of aromatic nitrogens is 3. The second-order valence-electron chi connectivity index (χ2n) is 6.29. The normalized spacial score (nSPS) is 12.2. The third kappa shape index (κ3) is 4.43. The molecule has 0 saturated carbocycles. The minimum atomic E-state index is -0.326. The number of nitrogens with one attached hydrogen (secondary N) is 1. The van der Waals surface area contributed by atoms with Gasteiger partial charge in [0.1, 0.15) is 5.82 Å². The first kappa shape index (κ1) is 19.1. The van der Waals surface area contributed by atoms with Gasteiger partial charge in [0.15, 0.2) is 17.3 Å². The number of thioether (sulfide) groups is 1. The standard InChI is InChI=1S/C19H18FN5O3S/c20-14-4-2-1-3-13(14)8-17-23-24-19(25(17)21)29-10-18(26)22-9-12-5-6-15-16(7-12)28-11-27-15/h1-7H,8-11,21H2,(H,22,26). The van der Waals surface area contributed by atoms with Gasteiger partial charge in [0.2, 0.25) is 17.9 Å². The summed E-state index contributed by atoms with van der Waals surface area (Å²) in [6.07, 6.45) is 0.215. The number of hydrogen-bond donors (Lipinski definition) is 2. The molecule has 1 aliphatic heterocycles. The van der Waals surface area contributed by atoms with Gasteiger partial charge >= 0.3 is 0 Å². The third-order valence-electron chi connectivity index (χ3n) is 4.30.